The molecule has 0 radical (unpaired) electrons. The van der Waals surface area contributed by atoms with Crippen LogP contribution in [0.25, 0.3) is 11.8 Å². The Morgan fingerprint density at radius 3 is 2.33 bits per heavy atom. The molecule has 1 atom stereocenters. The highest BCUT2D eigenvalue weighted by atomic mass is 16.5. The average Bonchev–Trinajstić information content (AvgIpc) is 2.73. The number of esters is 1. The molecular formula is C24H26N2O4. The van der Waals surface area contributed by atoms with Crippen LogP contribution in [0.3, 0.4) is 0 Å². The molecule has 0 aliphatic carbocycles. The van der Waals surface area contributed by atoms with E-state index in [0.29, 0.717) is 22.6 Å². The predicted molar refractivity (Wildman–Crippen MR) is 117 cm³/mol. The van der Waals surface area contributed by atoms with Crippen molar-refractivity contribution in [1.29, 1.82) is 0 Å². The van der Waals surface area contributed by atoms with Crippen LogP contribution in [-0.2, 0) is 9.53 Å². The lowest BCUT2D eigenvalue weighted by molar-refractivity contribution is -0.142. The number of amides is 2. The van der Waals surface area contributed by atoms with Gasteiger partial charge in [0.25, 0.3) is 0 Å². The molecule has 30 heavy (non-hydrogen) atoms. The molecule has 1 aliphatic heterocycles. The summed E-state index contributed by atoms with van der Waals surface area (Å²) in [7, 11) is 1.58. The fraction of sp³-hybridized carbons (Fsp3) is 0.250. The smallest absolute Gasteiger partial charge is 0.338 e. The molecule has 2 aromatic carbocycles. The van der Waals surface area contributed by atoms with Crippen LogP contribution in [0.1, 0.15) is 31.9 Å². The average molecular weight is 406 g/mol. The van der Waals surface area contributed by atoms with Gasteiger partial charge in [-0.3, -0.25) is 0 Å². The van der Waals surface area contributed by atoms with Crippen LogP contribution in [0.2, 0.25) is 0 Å². The Balaban J connectivity index is 2.12. The SMILES string of the molecule is COc1ccc(C2=C(C(=O)OC(C)C)C(/C(C)=C/c3ccccc3)NC(=O)N2)cc1. The van der Waals surface area contributed by atoms with E-state index >= 15 is 0 Å². The predicted octanol–water partition coefficient (Wildman–Crippen LogP) is 4.14. The second-order valence-electron chi connectivity index (χ2n) is 7.30. The summed E-state index contributed by atoms with van der Waals surface area (Å²) < 4.78 is 10.7. The molecule has 0 saturated carbocycles. The highest BCUT2D eigenvalue weighted by molar-refractivity contribution is 6.05. The number of hydrogen-bond acceptors (Lipinski definition) is 4. The number of benzene rings is 2. The maximum absolute atomic E-state index is 13.1. The molecule has 6 heteroatoms. The van der Waals surface area contributed by atoms with Crippen LogP contribution in [0, 0.1) is 0 Å². The van der Waals surface area contributed by atoms with Gasteiger partial charge in [-0.15, -0.1) is 0 Å². The molecule has 0 bridgehead atoms. The van der Waals surface area contributed by atoms with E-state index in [0.717, 1.165) is 11.1 Å². The second-order valence-corrected chi connectivity index (χ2v) is 7.30. The lowest BCUT2D eigenvalue weighted by atomic mass is 9.92. The molecule has 156 valence electrons. The zero-order chi connectivity index (χ0) is 21.7. The van der Waals surface area contributed by atoms with Gasteiger partial charge in [0.1, 0.15) is 5.75 Å². The molecule has 2 amide bonds. The summed E-state index contributed by atoms with van der Waals surface area (Å²) in [5.74, 6) is 0.205. The number of urea groups is 1. The Morgan fingerprint density at radius 1 is 1.07 bits per heavy atom. The number of nitrogens with one attached hydrogen (secondary N) is 2. The number of ether oxygens (including phenoxy) is 2. The fourth-order valence-corrected chi connectivity index (χ4v) is 3.28. The monoisotopic (exact) mass is 406 g/mol. The highest BCUT2D eigenvalue weighted by Gasteiger charge is 2.34. The first-order valence-corrected chi connectivity index (χ1v) is 9.79. The van der Waals surface area contributed by atoms with Crippen LogP contribution >= 0.6 is 0 Å². The van der Waals surface area contributed by atoms with E-state index in [1.807, 2.05) is 43.3 Å². The zero-order valence-corrected chi connectivity index (χ0v) is 17.6. The van der Waals surface area contributed by atoms with Gasteiger partial charge in [0.15, 0.2) is 0 Å². The van der Waals surface area contributed by atoms with Gasteiger partial charge in [0, 0.05) is 0 Å². The molecule has 1 unspecified atom stereocenters. The molecule has 1 aliphatic rings. The first-order valence-electron chi connectivity index (χ1n) is 9.79. The zero-order valence-electron chi connectivity index (χ0n) is 17.6. The van der Waals surface area contributed by atoms with E-state index in [9.17, 15) is 9.59 Å². The third kappa shape index (κ3) is 4.89. The van der Waals surface area contributed by atoms with Gasteiger partial charge < -0.3 is 20.1 Å². The standard InChI is InChI=1S/C24H26N2O4/c1-15(2)30-23(27)20-21(16(3)14-17-8-6-5-7-9-17)25-24(28)26-22(20)18-10-12-19(29-4)13-11-18/h5-15,21H,1-4H3,(H2,25,26,28)/b16-14+. The van der Waals surface area contributed by atoms with Gasteiger partial charge in [-0.1, -0.05) is 36.4 Å². The van der Waals surface area contributed by atoms with E-state index in [4.69, 9.17) is 9.47 Å². The number of hydrogen-bond donors (Lipinski definition) is 2. The van der Waals surface area contributed by atoms with Gasteiger partial charge in [-0.05, 0) is 61.7 Å². The molecule has 3 rings (SSSR count). The topological polar surface area (TPSA) is 76.7 Å². The lowest BCUT2D eigenvalue weighted by Crippen LogP contribution is -2.50. The normalized spacial score (nSPS) is 16.8. The highest BCUT2D eigenvalue weighted by Crippen LogP contribution is 2.28. The van der Waals surface area contributed by atoms with Crippen molar-refractivity contribution in [1.82, 2.24) is 10.6 Å². The third-order valence-corrected chi connectivity index (χ3v) is 4.66. The molecule has 1 heterocycles. The van der Waals surface area contributed by atoms with Gasteiger partial charge in [0.05, 0.1) is 30.5 Å². The summed E-state index contributed by atoms with van der Waals surface area (Å²) in [6, 6.07) is 15.9. The first-order chi connectivity index (χ1) is 14.4. The number of carbonyl (C=O) groups excluding carboxylic acids is 2. The van der Waals surface area contributed by atoms with Crippen molar-refractivity contribution in [2.24, 2.45) is 0 Å². The van der Waals surface area contributed by atoms with E-state index in [-0.39, 0.29) is 12.1 Å². The van der Waals surface area contributed by atoms with Crippen LogP contribution in [0.5, 0.6) is 5.75 Å². The molecule has 0 fully saturated rings. The van der Waals surface area contributed by atoms with Crippen molar-refractivity contribution in [3.63, 3.8) is 0 Å². The van der Waals surface area contributed by atoms with Gasteiger partial charge >= 0.3 is 12.0 Å². The first kappa shape index (κ1) is 21.2. The van der Waals surface area contributed by atoms with Crippen molar-refractivity contribution in [2.45, 2.75) is 32.9 Å². The molecule has 0 saturated heterocycles. The van der Waals surface area contributed by atoms with Crippen LogP contribution in [-0.4, -0.2) is 31.3 Å². The van der Waals surface area contributed by atoms with Crippen molar-refractivity contribution >= 4 is 23.8 Å². The van der Waals surface area contributed by atoms with E-state index in [1.54, 1.807) is 45.2 Å². The number of rotatable bonds is 6. The molecule has 0 spiro atoms. The van der Waals surface area contributed by atoms with Gasteiger partial charge in [-0.25, -0.2) is 9.59 Å². The third-order valence-electron chi connectivity index (χ3n) is 4.66. The molecule has 0 aromatic heterocycles. The molecule has 2 N–H and O–H groups in total. The Kier molecular flexibility index (Phi) is 6.57. The van der Waals surface area contributed by atoms with Crippen molar-refractivity contribution in [3.8, 4) is 5.75 Å². The summed E-state index contributed by atoms with van der Waals surface area (Å²) in [5.41, 5.74) is 3.28. The van der Waals surface area contributed by atoms with E-state index in [2.05, 4.69) is 10.6 Å². The Labute approximate surface area is 176 Å². The summed E-state index contributed by atoms with van der Waals surface area (Å²) >= 11 is 0. The fourth-order valence-electron chi connectivity index (χ4n) is 3.28. The van der Waals surface area contributed by atoms with E-state index in [1.165, 1.54) is 0 Å². The van der Waals surface area contributed by atoms with Gasteiger partial charge in [0.2, 0.25) is 0 Å². The number of methoxy groups -OCH3 is 1. The quantitative estimate of drug-likeness (QED) is 0.707. The summed E-state index contributed by atoms with van der Waals surface area (Å²) in [6.07, 6.45) is 1.66. The maximum Gasteiger partial charge on any atom is 0.338 e. The van der Waals surface area contributed by atoms with Crippen LogP contribution in [0.4, 0.5) is 4.79 Å². The Bertz CT molecular complexity index is 976. The van der Waals surface area contributed by atoms with Crippen LogP contribution < -0.4 is 15.4 Å². The Hall–Kier alpha value is -3.54. The number of carbonyl (C=O) groups is 2. The van der Waals surface area contributed by atoms with Crippen molar-refractivity contribution < 1.29 is 19.1 Å². The minimum atomic E-state index is -0.623. The molecule has 2 aromatic rings. The largest absolute Gasteiger partial charge is 0.497 e. The summed E-state index contributed by atoms with van der Waals surface area (Å²) in [4.78, 5) is 25.5. The maximum atomic E-state index is 13.1. The molecular weight excluding hydrogens is 380 g/mol. The molecule has 6 nitrogen and oxygen atoms in total. The minimum Gasteiger partial charge on any atom is -0.497 e. The van der Waals surface area contributed by atoms with Crippen molar-refractivity contribution in [2.75, 3.05) is 7.11 Å². The van der Waals surface area contributed by atoms with Crippen LogP contribution in [0.15, 0.2) is 65.7 Å². The van der Waals surface area contributed by atoms with E-state index < -0.39 is 12.0 Å². The second kappa shape index (κ2) is 9.31. The summed E-state index contributed by atoms with van der Waals surface area (Å²) in [5, 5.41) is 5.65. The van der Waals surface area contributed by atoms with Gasteiger partial charge in [-0.2, -0.15) is 0 Å². The van der Waals surface area contributed by atoms with Crippen molar-refractivity contribution in [3.05, 3.63) is 76.9 Å². The lowest BCUT2D eigenvalue weighted by Gasteiger charge is -2.30. The minimum absolute atomic E-state index is 0.293. The Morgan fingerprint density at radius 2 is 1.73 bits per heavy atom. The summed E-state index contributed by atoms with van der Waals surface area (Å²) in [6.45, 7) is 5.47.